The number of nitrogens with one attached hydrogen (secondary N) is 1. The van der Waals surface area contributed by atoms with E-state index in [9.17, 15) is 0 Å². The molecule has 0 aliphatic rings. The van der Waals surface area contributed by atoms with Gasteiger partial charge >= 0.3 is 0 Å². The summed E-state index contributed by atoms with van der Waals surface area (Å²) in [6, 6.07) is 1.75. The number of thiocarbonyl (C=S) groups is 1. The van der Waals surface area contributed by atoms with E-state index < -0.39 is 0 Å². The third-order valence-corrected chi connectivity index (χ3v) is 1.72. The van der Waals surface area contributed by atoms with Gasteiger partial charge in [-0.15, -0.1) is 0 Å². The summed E-state index contributed by atoms with van der Waals surface area (Å²) in [5.41, 5.74) is 0. The van der Waals surface area contributed by atoms with Crippen LogP contribution in [-0.2, 0) is 0 Å². The third-order valence-electron chi connectivity index (χ3n) is 1.43. The van der Waals surface area contributed by atoms with Gasteiger partial charge < -0.3 is 4.74 Å². The van der Waals surface area contributed by atoms with Crippen LogP contribution >= 0.6 is 12.2 Å². The molecule has 1 rings (SSSR count). The smallest absolute Gasteiger partial charge is 0.215 e. The van der Waals surface area contributed by atoms with Crippen molar-refractivity contribution in [2.75, 3.05) is 0 Å². The summed E-state index contributed by atoms with van der Waals surface area (Å²) in [5.74, 6) is 0.621. The van der Waals surface area contributed by atoms with Crippen molar-refractivity contribution in [1.82, 2.24) is 10.2 Å². The quantitative estimate of drug-likeness (QED) is 0.730. The lowest BCUT2D eigenvalue weighted by molar-refractivity contribution is 0.518. The van der Waals surface area contributed by atoms with E-state index >= 15 is 0 Å². The molecule has 3 nitrogen and oxygen atoms in total. The molecule has 0 aromatic carbocycles. The van der Waals surface area contributed by atoms with Gasteiger partial charge in [0.25, 0.3) is 0 Å². The van der Waals surface area contributed by atoms with Crippen LogP contribution in [0.15, 0.2) is 12.3 Å². The first-order valence-electron chi connectivity index (χ1n) is 4.03. The second kappa shape index (κ2) is 4.87. The number of ether oxygens (including phenoxy) is 1. The van der Waals surface area contributed by atoms with Gasteiger partial charge in [-0.25, -0.2) is 5.10 Å². The van der Waals surface area contributed by atoms with Crippen LogP contribution < -0.4 is 4.74 Å². The zero-order chi connectivity index (χ0) is 8.81. The van der Waals surface area contributed by atoms with Gasteiger partial charge in [-0.2, -0.15) is 5.10 Å². The molecular formula is C8H12N2OS. The van der Waals surface area contributed by atoms with E-state index in [2.05, 4.69) is 17.1 Å². The average Bonchev–Trinajstić information content (AvgIpc) is 2.53. The highest BCUT2D eigenvalue weighted by atomic mass is 32.1. The first-order valence-corrected chi connectivity index (χ1v) is 4.44. The first-order chi connectivity index (χ1) is 5.83. The van der Waals surface area contributed by atoms with Crippen LogP contribution in [0, 0.1) is 0 Å². The van der Waals surface area contributed by atoms with Gasteiger partial charge in [0.1, 0.15) is 0 Å². The van der Waals surface area contributed by atoms with E-state index in [1.54, 1.807) is 12.3 Å². The lowest BCUT2D eigenvalue weighted by Crippen LogP contribution is -2.04. The molecule has 0 aliphatic heterocycles. The van der Waals surface area contributed by atoms with Gasteiger partial charge in [-0.05, 0) is 18.6 Å². The van der Waals surface area contributed by atoms with Gasteiger partial charge in [0.05, 0.1) is 6.20 Å². The van der Waals surface area contributed by atoms with Crippen LogP contribution in [0.5, 0.6) is 5.88 Å². The topological polar surface area (TPSA) is 37.9 Å². The van der Waals surface area contributed by atoms with Crippen molar-refractivity contribution in [2.24, 2.45) is 0 Å². The second-order valence-electron chi connectivity index (χ2n) is 2.50. The van der Waals surface area contributed by atoms with E-state index in [1.165, 1.54) is 0 Å². The summed E-state index contributed by atoms with van der Waals surface area (Å²) < 4.78 is 5.27. The van der Waals surface area contributed by atoms with Gasteiger partial charge in [0.2, 0.25) is 5.88 Å². The molecule has 0 spiro atoms. The molecular weight excluding hydrogens is 172 g/mol. The van der Waals surface area contributed by atoms with Gasteiger partial charge in [0.15, 0.2) is 5.05 Å². The van der Waals surface area contributed by atoms with Gasteiger partial charge in [-0.3, -0.25) is 0 Å². The van der Waals surface area contributed by atoms with E-state index in [1.807, 2.05) is 0 Å². The Hall–Kier alpha value is -0.900. The highest BCUT2D eigenvalue weighted by molar-refractivity contribution is 7.80. The number of hydrogen-bond donors (Lipinski definition) is 1. The van der Waals surface area contributed by atoms with Crippen LogP contribution in [0.2, 0.25) is 0 Å². The molecule has 0 saturated heterocycles. The Kier molecular flexibility index (Phi) is 3.73. The number of H-pyrrole nitrogens is 1. The molecule has 0 unspecified atom stereocenters. The van der Waals surface area contributed by atoms with E-state index in [-0.39, 0.29) is 0 Å². The summed E-state index contributed by atoms with van der Waals surface area (Å²) in [5, 5.41) is 7.06. The number of hydrogen-bond acceptors (Lipinski definition) is 3. The van der Waals surface area contributed by atoms with Crippen LogP contribution in [0.3, 0.4) is 0 Å². The predicted molar refractivity (Wildman–Crippen MR) is 51.3 cm³/mol. The van der Waals surface area contributed by atoms with Crippen molar-refractivity contribution < 1.29 is 4.74 Å². The van der Waals surface area contributed by atoms with Crippen molar-refractivity contribution in [3.63, 3.8) is 0 Å². The standard InChI is InChI=1S/C8H12N2OS/c1-2-3-4-8(12)11-7-5-6-9-10-7/h5-6H,2-4H2,1H3,(H,9,10). The zero-order valence-electron chi connectivity index (χ0n) is 7.04. The number of aromatic amines is 1. The SMILES string of the molecule is CCCCC(=S)Oc1ccn[nH]1. The van der Waals surface area contributed by atoms with Crippen molar-refractivity contribution in [1.29, 1.82) is 0 Å². The fraction of sp³-hybridized carbons (Fsp3) is 0.500. The first kappa shape index (κ1) is 9.19. The fourth-order valence-corrected chi connectivity index (χ4v) is 1.03. The summed E-state index contributed by atoms with van der Waals surface area (Å²) in [6.07, 6.45) is 4.68. The highest BCUT2D eigenvalue weighted by Crippen LogP contribution is 2.06. The third kappa shape index (κ3) is 3.00. The van der Waals surface area contributed by atoms with Gasteiger partial charge in [0, 0.05) is 12.5 Å². The molecule has 1 heterocycles. The summed E-state index contributed by atoms with van der Waals surface area (Å²) in [6.45, 7) is 2.12. The Balaban J connectivity index is 2.27. The molecule has 0 atom stereocenters. The van der Waals surface area contributed by atoms with E-state index in [0.29, 0.717) is 10.9 Å². The van der Waals surface area contributed by atoms with Crippen molar-refractivity contribution in [2.45, 2.75) is 26.2 Å². The van der Waals surface area contributed by atoms with Crippen LogP contribution in [0.1, 0.15) is 26.2 Å². The normalized spacial score (nSPS) is 9.75. The Labute approximate surface area is 77.1 Å². The molecule has 12 heavy (non-hydrogen) atoms. The minimum absolute atomic E-state index is 0.621. The lowest BCUT2D eigenvalue weighted by Gasteiger charge is -2.02. The van der Waals surface area contributed by atoms with Crippen LogP contribution in [-0.4, -0.2) is 15.2 Å². The molecule has 4 heteroatoms. The maximum absolute atomic E-state index is 5.27. The average molecular weight is 184 g/mol. The lowest BCUT2D eigenvalue weighted by atomic mass is 10.3. The van der Waals surface area contributed by atoms with Crippen molar-refractivity contribution in [3.05, 3.63) is 12.3 Å². The highest BCUT2D eigenvalue weighted by Gasteiger charge is 1.99. The zero-order valence-corrected chi connectivity index (χ0v) is 7.86. The molecule has 0 bridgehead atoms. The summed E-state index contributed by atoms with van der Waals surface area (Å²) in [7, 11) is 0. The number of unbranched alkanes of at least 4 members (excludes halogenated alkanes) is 1. The summed E-state index contributed by atoms with van der Waals surface area (Å²) in [4.78, 5) is 0. The Morgan fingerprint density at radius 2 is 2.58 bits per heavy atom. The maximum atomic E-state index is 5.27. The van der Waals surface area contributed by atoms with E-state index in [0.717, 1.165) is 19.3 Å². The Bertz CT molecular complexity index is 233. The molecule has 0 aliphatic carbocycles. The molecule has 1 aromatic rings. The largest absolute Gasteiger partial charge is 0.432 e. The molecule has 1 aromatic heterocycles. The van der Waals surface area contributed by atoms with Crippen molar-refractivity contribution >= 4 is 17.3 Å². The van der Waals surface area contributed by atoms with Crippen molar-refractivity contribution in [3.8, 4) is 5.88 Å². The Morgan fingerprint density at radius 3 is 3.17 bits per heavy atom. The molecule has 0 fully saturated rings. The number of rotatable bonds is 4. The summed E-state index contributed by atoms with van der Waals surface area (Å²) >= 11 is 5.00. The fourth-order valence-electron chi connectivity index (χ4n) is 0.795. The monoisotopic (exact) mass is 184 g/mol. The van der Waals surface area contributed by atoms with Gasteiger partial charge in [-0.1, -0.05) is 13.3 Å². The maximum Gasteiger partial charge on any atom is 0.215 e. The van der Waals surface area contributed by atoms with Crippen LogP contribution in [0.25, 0.3) is 0 Å². The van der Waals surface area contributed by atoms with E-state index in [4.69, 9.17) is 17.0 Å². The predicted octanol–water partition coefficient (Wildman–Crippen LogP) is 2.31. The molecule has 0 amide bonds. The number of nitrogens with zero attached hydrogens (tertiary/aromatic N) is 1. The Morgan fingerprint density at radius 1 is 1.75 bits per heavy atom. The molecule has 0 saturated carbocycles. The second-order valence-corrected chi connectivity index (χ2v) is 2.95. The number of aromatic nitrogens is 2. The molecule has 66 valence electrons. The minimum atomic E-state index is 0.621. The van der Waals surface area contributed by atoms with Crippen LogP contribution in [0.4, 0.5) is 0 Å². The molecule has 0 radical (unpaired) electrons. The molecule has 1 N–H and O–H groups in total. The minimum Gasteiger partial charge on any atom is -0.432 e.